The van der Waals surface area contributed by atoms with Gasteiger partial charge in [-0.3, -0.25) is 9.30 Å². The fourth-order valence-corrected chi connectivity index (χ4v) is 3.92. The molecule has 3 heterocycles. The van der Waals surface area contributed by atoms with Crippen LogP contribution in [0.1, 0.15) is 6.23 Å². The predicted octanol–water partition coefficient (Wildman–Crippen LogP) is -3.03. The Labute approximate surface area is 151 Å². The van der Waals surface area contributed by atoms with Crippen LogP contribution in [0.5, 0.6) is 0 Å². The summed E-state index contributed by atoms with van der Waals surface area (Å²) in [7, 11) is -8.55. The van der Waals surface area contributed by atoms with E-state index in [0.717, 1.165) is 0 Å². The lowest BCUT2D eigenvalue weighted by atomic mass is 10.1. The molecular weight excluding hydrogens is 408 g/mol. The van der Waals surface area contributed by atoms with E-state index >= 15 is 0 Å². The van der Waals surface area contributed by atoms with Crippen LogP contribution in [-0.4, -0.2) is 74.6 Å². The number of fused-ring (bicyclic) bond motifs is 1. The molecular formula is C11H15N5O9P2. The average molecular weight is 423 g/mol. The number of hydrogen-bond donors (Lipinski definition) is 6. The van der Waals surface area contributed by atoms with E-state index in [1.54, 1.807) is 0 Å². The highest BCUT2D eigenvalue weighted by molar-refractivity contribution is 7.82. The summed E-state index contributed by atoms with van der Waals surface area (Å²) in [5.41, 5.74) is 6.25. The molecule has 1 saturated heterocycles. The van der Waals surface area contributed by atoms with Gasteiger partial charge in [-0.15, -0.1) is 0 Å². The molecule has 1 aliphatic heterocycles. The first-order valence-corrected chi connectivity index (χ1v) is 10.1. The van der Waals surface area contributed by atoms with Crippen LogP contribution >= 0.6 is 15.6 Å². The monoisotopic (exact) mass is 423 g/mol. The van der Waals surface area contributed by atoms with Gasteiger partial charge in [-0.25, -0.2) is 19.5 Å². The van der Waals surface area contributed by atoms with Crippen LogP contribution in [0.15, 0.2) is 12.7 Å². The van der Waals surface area contributed by atoms with Crippen LogP contribution in [0.4, 0.5) is 5.82 Å². The van der Waals surface area contributed by atoms with Crippen molar-refractivity contribution in [2.24, 2.45) is 0 Å². The highest BCUT2D eigenvalue weighted by atomic mass is 31.2. The van der Waals surface area contributed by atoms with E-state index in [1.165, 1.54) is 17.2 Å². The maximum atomic E-state index is 11.2. The molecule has 1 aliphatic rings. The summed E-state index contributed by atoms with van der Waals surface area (Å²) in [6, 6.07) is 0. The maximum Gasteiger partial charge on any atom is 0.425 e. The van der Waals surface area contributed by atoms with Crippen LogP contribution in [0, 0.1) is 0 Å². The number of aliphatic hydroxyl groups excluding tert-OH is 2. The summed E-state index contributed by atoms with van der Waals surface area (Å²) in [6.45, 7) is -0.699. The number of aliphatic hydroxyl groups is 2. The summed E-state index contributed by atoms with van der Waals surface area (Å²) in [5, 5.41) is 19.0. The molecule has 0 aromatic carbocycles. The van der Waals surface area contributed by atoms with Crippen molar-refractivity contribution in [1.29, 1.82) is 0 Å². The van der Waals surface area contributed by atoms with Gasteiger partial charge in [0.15, 0.2) is 17.7 Å². The number of imidazole rings is 1. The Hall–Kier alpha value is -1.57. The summed E-state index contributed by atoms with van der Waals surface area (Å²) in [6.07, 6.45) is -3.03. The average Bonchev–Trinajstić information content (AvgIpc) is 3.10. The van der Waals surface area contributed by atoms with Gasteiger partial charge < -0.3 is 35.4 Å². The summed E-state index contributed by atoms with van der Waals surface area (Å²) in [5.74, 6) is 0.0527. The fraction of sp³-hybridized carbons (Fsp3) is 0.455. The van der Waals surface area contributed by atoms with Crippen molar-refractivity contribution in [2.75, 3.05) is 12.3 Å². The molecule has 14 nitrogen and oxygen atoms in total. The van der Waals surface area contributed by atoms with Crippen molar-refractivity contribution in [3.8, 4) is 0 Å². The minimum atomic E-state index is -5.11. The Morgan fingerprint density at radius 3 is 2.70 bits per heavy atom. The largest absolute Gasteiger partial charge is 0.601 e. The number of ether oxygens (including phenoxy) is 2. The number of nitrogens with two attached hydrogens (primary N) is 1. The summed E-state index contributed by atoms with van der Waals surface area (Å²) in [4.78, 5) is 49.7. The Morgan fingerprint density at radius 2 is 2.07 bits per heavy atom. The molecule has 5 unspecified atom stereocenters. The lowest BCUT2D eigenvalue weighted by molar-refractivity contribution is -0.168. The van der Waals surface area contributed by atoms with E-state index in [0.29, 0.717) is 0 Å². The Kier molecular flexibility index (Phi) is 5.57. The quantitative estimate of drug-likeness (QED) is 0.263. The van der Waals surface area contributed by atoms with E-state index in [2.05, 4.69) is 15.0 Å². The first-order valence-electron chi connectivity index (χ1n) is 7.28. The predicted molar refractivity (Wildman–Crippen MR) is 87.8 cm³/mol. The number of rotatable bonds is 5. The van der Waals surface area contributed by atoms with Gasteiger partial charge in [0.2, 0.25) is 0 Å². The topological polar surface area (TPSA) is 229 Å². The van der Waals surface area contributed by atoms with Crippen molar-refractivity contribution in [1.82, 2.24) is 19.5 Å². The number of hydrogen-bond acceptors (Lipinski definition) is 11. The van der Waals surface area contributed by atoms with Gasteiger partial charge >= 0.3 is 12.8 Å². The number of nitrogens with zero attached hydrogens (tertiary/aromatic N) is 4. The number of aromatic nitrogens is 4. The van der Waals surface area contributed by atoms with Gasteiger partial charge in [-0.2, -0.15) is 4.89 Å². The van der Waals surface area contributed by atoms with Crippen molar-refractivity contribution < 1.29 is 43.8 Å². The number of anilines is 1. The van der Waals surface area contributed by atoms with Crippen LogP contribution in [0.25, 0.3) is 11.2 Å². The number of nitrogen functional groups attached to an aromatic ring is 1. The Bertz CT molecular complexity index is 926. The van der Waals surface area contributed by atoms with Crippen LogP contribution in [0.3, 0.4) is 0 Å². The minimum Gasteiger partial charge on any atom is -0.601 e. The third-order valence-electron chi connectivity index (χ3n) is 3.79. The second-order valence-corrected chi connectivity index (χ2v) is 8.34. The van der Waals surface area contributed by atoms with Gasteiger partial charge in [0.1, 0.15) is 36.5 Å². The smallest absolute Gasteiger partial charge is 0.425 e. The zero-order chi connectivity index (χ0) is 19.9. The molecule has 1 fully saturated rings. The van der Waals surface area contributed by atoms with Crippen LogP contribution in [0.2, 0.25) is 0 Å². The lowest BCUT2D eigenvalue weighted by Gasteiger charge is -2.17. The van der Waals surface area contributed by atoms with E-state index in [-0.39, 0.29) is 17.0 Å². The molecule has 16 heteroatoms. The Morgan fingerprint density at radius 1 is 1.37 bits per heavy atom. The molecule has 2 aromatic rings. The molecule has 2 aromatic heterocycles. The van der Waals surface area contributed by atoms with E-state index in [9.17, 15) is 19.7 Å². The van der Waals surface area contributed by atoms with Crippen molar-refractivity contribution >= 4 is 37.8 Å². The van der Waals surface area contributed by atoms with Crippen molar-refractivity contribution in [3.05, 3.63) is 12.7 Å². The molecule has 27 heavy (non-hydrogen) atoms. The molecule has 0 saturated carbocycles. The zero-order valence-electron chi connectivity index (χ0n) is 13.3. The summed E-state index contributed by atoms with van der Waals surface area (Å²) < 4.78 is 22.6. The lowest BCUT2D eigenvalue weighted by Crippen LogP contribution is -2.34. The van der Waals surface area contributed by atoms with Crippen molar-refractivity contribution in [3.63, 3.8) is 0 Å². The fourth-order valence-electron chi connectivity index (χ4n) is 2.60. The SMILES string of the molecule is Nc1ncnc2ncn(C3OC(CO/C(=[P+](/[O-])O)P(=O)(O)O)C(O)C3O)c12. The van der Waals surface area contributed by atoms with Gasteiger partial charge in [-0.1, -0.05) is 0 Å². The second kappa shape index (κ2) is 7.45. The molecule has 0 amide bonds. The first kappa shape index (κ1) is 20.2. The highest BCUT2D eigenvalue weighted by Gasteiger charge is 2.45. The summed E-state index contributed by atoms with van der Waals surface area (Å²) >= 11 is 0. The molecule has 3 rings (SSSR count). The van der Waals surface area contributed by atoms with E-state index in [1.807, 2.05) is 0 Å². The maximum absolute atomic E-state index is 11.2. The molecule has 0 bridgehead atoms. The van der Waals surface area contributed by atoms with Crippen LogP contribution in [-0.2, 0) is 14.0 Å². The van der Waals surface area contributed by atoms with E-state index in [4.69, 9.17) is 29.9 Å². The van der Waals surface area contributed by atoms with Gasteiger partial charge in [-0.05, 0) is 0 Å². The third-order valence-corrected chi connectivity index (χ3v) is 6.17. The van der Waals surface area contributed by atoms with Crippen molar-refractivity contribution in [2.45, 2.75) is 24.5 Å². The minimum absolute atomic E-state index is 0.0527. The van der Waals surface area contributed by atoms with Gasteiger partial charge in [0.05, 0.1) is 6.61 Å². The molecule has 7 N–H and O–H groups in total. The normalized spacial score (nSPS) is 27.2. The third kappa shape index (κ3) is 3.86. The standard InChI is InChI=1S/C11H15N5O9P2/c12-8-5-9(14-2-13-8)15-3-16(5)10-7(18)6(17)4(25-10)1-24-11(26(19)20)27(21,22)23/h2-4,6-7,10,17-18H,1H2,(H,19,20)(H2,12,13,14)(H2,21,22,23). The molecule has 0 spiro atoms. The highest BCUT2D eigenvalue weighted by Crippen LogP contribution is 2.42. The molecule has 0 radical (unpaired) electrons. The van der Waals surface area contributed by atoms with Crippen LogP contribution < -0.4 is 10.6 Å². The first-order chi connectivity index (χ1) is 12.6. The zero-order valence-corrected chi connectivity index (χ0v) is 15.1. The van der Waals surface area contributed by atoms with E-state index < -0.39 is 52.0 Å². The van der Waals surface area contributed by atoms with Gasteiger partial charge in [0, 0.05) is 0 Å². The Balaban J connectivity index is 1.82. The second-order valence-electron chi connectivity index (χ2n) is 5.54. The molecule has 148 valence electrons. The molecule has 5 atom stereocenters. The van der Waals surface area contributed by atoms with Gasteiger partial charge in [0.25, 0.3) is 8.00 Å². The molecule has 0 aliphatic carbocycles.